The highest BCUT2D eigenvalue weighted by Crippen LogP contribution is 2.26. The van der Waals surface area contributed by atoms with Gasteiger partial charge in [0.2, 0.25) is 0 Å². The molecule has 1 atom stereocenters. The molecule has 2 rings (SSSR count). The molecule has 4 heteroatoms. The van der Waals surface area contributed by atoms with Gasteiger partial charge in [-0.1, -0.05) is 20.8 Å². The standard InChI is InChI=1S/C15H26N2OS/c1-14(2,3)12-11-19-13(16-12)10-17-8-5-6-15(4,18)7-9-17/h11,18H,5-10H2,1-4H3. The first-order valence-corrected chi connectivity index (χ1v) is 8.04. The van der Waals surface area contributed by atoms with Crippen LogP contribution < -0.4 is 0 Å². The van der Waals surface area contributed by atoms with Gasteiger partial charge in [0.1, 0.15) is 5.01 Å². The molecule has 1 saturated heterocycles. The Kier molecular flexibility index (Phi) is 4.33. The smallest absolute Gasteiger partial charge is 0.107 e. The fourth-order valence-corrected chi connectivity index (χ4v) is 3.46. The van der Waals surface area contributed by atoms with Crippen molar-refractivity contribution in [3.8, 4) is 0 Å². The van der Waals surface area contributed by atoms with Gasteiger partial charge < -0.3 is 5.11 Å². The molecule has 1 N–H and O–H groups in total. The first-order valence-electron chi connectivity index (χ1n) is 7.16. The Bertz CT molecular complexity index is 420. The number of rotatable bonds is 2. The van der Waals surface area contributed by atoms with Gasteiger partial charge in [-0.3, -0.25) is 4.90 Å². The predicted molar refractivity (Wildman–Crippen MR) is 80.6 cm³/mol. The monoisotopic (exact) mass is 282 g/mol. The lowest BCUT2D eigenvalue weighted by Gasteiger charge is -2.21. The second-order valence-corrected chi connectivity index (χ2v) is 7.95. The van der Waals surface area contributed by atoms with Gasteiger partial charge in [-0.15, -0.1) is 11.3 Å². The van der Waals surface area contributed by atoms with E-state index in [2.05, 4.69) is 31.1 Å². The van der Waals surface area contributed by atoms with Crippen LogP contribution in [0.15, 0.2) is 5.38 Å². The summed E-state index contributed by atoms with van der Waals surface area (Å²) < 4.78 is 0. The number of hydrogen-bond donors (Lipinski definition) is 1. The molecule has 2 heterocycles. The van der Waals surface area contributed by atoms with E-state index >= 15 is 0 Å². The molecule has 0 radical (unpaired) electrons. The van der Waals surface area contributed by atoms with Gasteiger partial charge in [-0.25, -0.2) is 4.98 Å². The molecule has 1 fully saturated rings. The third-order valence-electron chi connectivity index (χ3n) is 3.84. The Morgan fingerprint density at radius 1 is 1.37 bits per heavy atom. The third-order valence-corrected chi connectivity index (χ3v) is 4.67. The maximum Gasteiger partial charge on any atom is 0.107 e. The number of thiazole rings is 1. The lowest BCUT2D eigenvalue weighted by atomic mass is 9.93. The van der Waals surface area contributed by atoms with E-state index in [0.29, 0.717) is 0 Å². The summed E-state index contributed by atoms with van der Waals surface area (Å²) in [6.07, 6.45) is 2.85. The van der Waals surface area contributed by atoms with Gasteiger partial charge in [0.05, 0.1) is 17.8 Å². The zero-order valence-electron chi connectivity index (χ0n) is 12.6. The summed E-state index contributed by atoms with van der Waals surface area (Å²) in [5.41, 5.74) is 0.847. The summed E-state index contributed by atoms with van der Waals surface area (Å²) in [7, 11) is 0. The van der Waals surface area contributed by atoms with Crippen LogP contribution in [0, 0.1) is 0 Å². The number of nitrogens with zero attached hydrogens (tertiary/aromatic N) is 2. The minimum absolute atomic E-state index is 0.136. The molecule has 108 valence electrons. The Labute approximate surface area is 120 Å². The first-order chi connectivity index (χ1) is 8.76. The van der Waals surface area contributed by atoms with Crippen molar-refractivity contribution < 1.29 is 5.11 Å². The molecule has 0 bridgehead atoms. The summed E-state index contributed by atoms with van der Waals surface area (Å²) >= 11 is 1.76. The fourth-order valence-electron chi connectivity index (χ4n) is 2.40. The number of aliphatic hydroxyl groups is 1. The third kappa shape index (κ3) is 4.26. The van der Waals surface area contributed by atoms with Crippen molar-refractivity contribution in [2.75, 3.05) is 13.1 Å². The van der Waals surface area contributed by atoms with Gasteiger partial charge in [0.25, 0.3) is 0 Å². The highest BCUT2D eigenvalue weighted by Gasteiger charge is 2.25. The van der Waals surface area contributed by atoms with Crippen LogP contribution in [0.25, 0.3) is 0 Å². The van der Waals surface area contributed by atoms with Crippen molar-refractivity contribution in [2.24, 2.45) is 0 Å². The molecule has 1 aliphatic rings. The molecule has 19 heavy (non-hydrogen) atoms. The molecule has 0 aromatic carbocycles. The van der Waals surface area contributed by atoms with Crippen LogP contribution in [0.5, 0.6) is 0 Å². The SMILES string of the molecule is CC1(O)CCCN(Cc2nc(C(C)(C)C)cs2)CC1. The van der Waals surface area contributed by atoms with Crippen molar-refractivity contribution in [1.82, 2.24) is 9.88 Å². The van der Waals surface area contributed by atoms with Crippen molar-refractivity contribution in [2.45, 2.75) is 64.5 Å². The Hall–Kier alpha value is -0.450. The topological polar surface area (TPSA) is 36.4 Å². The van der Waals surface area contributed by atoms with E-state index in [1.165, 1.54) is 10.7 Å². The van der Waals surface area contributed by atoms with E-state index in [1.807, 2.05) is 6.92 Å². The van der Waals surface area contributed by atoms with Gasteiger partial charge in [0.15, 0.2) is 0 Å². The second kappa shape index (κ2) is 5.51. The maximum atomic E-state index is 10.1. The Balaban J connectivity index is 1.96. The van der Waals surface area contributed by atoms with E-state index < -0.39 is 5.60 Å². The minimum atomic E-state index is -0.478. The number of aromatic nitrogens is 1. The van der Waals surface area contributed by atoms with Crippen molar-refractivity contribution in [1.29, 1.82) is 0 Å². The molecule has 1 aliphatic heterocycles. The highest BCUT2D eigenvalue weighted by molar-refractivity contribution is 7.09. The molecule has 0 amide bonds. The number of hydrogen-bond acceptors (Lipinski definition) is 4. The largest absolute Gasteiger partial charge is 0.390 e. The summed E-state index contributed by atoms with van der Waals surface area (Å²) in [6, 6.07) is 0. The van der Waals surface area contributed by atoms with Gasteiger partial charge in [-0.05, 0) is 32.7 Å². The quantitative estimate of drug-likeness (QED) is 0.905. The Morgan fingerprint density at radius 2 is 2.11 bits per heavy atom. The van der Waals surface area contributed by atoms with E-state index in [9.17, 15) is 5.11 Å². The molecule has 0 spiro atoms. The highest BCUT2D eigenvalue weighted by atomic mass is 32.1. The van der Waals surface area contributed by atoms with Crippen LogP contribution in [0.2, 0.25) is 0 Å². The first kappa shape index (κ1) is 14.9. The lowest BCUT2D eigenvalue weighted by Crippen LogP contribution is -2.28. The average Bonchev–Trinajstić information content (AvgIpc) is 2.67. The molecule has 3 nitrogen and oxygen atoms in total. The Morgan fingerprint density at radius 3 is 2.74 bits per heavy atom. The molecule has 1 unspecified atom stereocenters. The van der Waals surface area contributed by atoms with E-state index in [0.717, 1.165) is 38.9 Å². The average molecular weight is 282 g/mol. The lowest BCUT2D eigenvalue weighted by molar-refractivity contribution is 0.0444. The van der Waals surface area contributed by atoms with Gasteiger partial charge in [-0.2, -0.15) is 0 Å². The second-order valence-electron chi connectivity index (χ2n) is 7.00. The van der Waals surface area contributed by atoms with Gasteiger partial charge in [0, 0.05) is 17.3 Å². The molecule has 0 aliphatic carbocycles. The van der Waals surface area contributed by atoms with Crippen LogP contribution in [0.4, 0.5) is 0 Å². The van der Waals surface area contributed by atoms with E-state index in [1.54, 1.807) is 11.3 Å². The summed E-state index contributed by atoms with van der Waals surface area (Å²) in [6.45, 7) is 11.5. The molecule has 1 aromatic heterocycles. The van der Waals surface area contributed by atoms with Crippen LogP contribution in [-0.4, -0.2) is 33.7 Å². The van der Waals surface area contributed by atoms with Crippen molar-refractivity contribution in [3.63, 3.8) is 0 Å². The van der Waals surface area contributed by atoms with E-state index in [4.69, 9.17) is 4.98 Å². The molecule has 0 saturated carbocycles. The molecular formula is C15H26N2OS. The van der Waals surface area contributed by atoms with Crippen molar-refractivity contribution >= 4 is 11.3 Å². The maximum absolute atomic E-state index is 10.1. The minimum Gasteiger partial charge on any atom is -0.390 e. The van der Waals surface area contributed by atoms with Crippen LogP contribution in [-0.2, 0) is 12.0 Å². The van der Waals surface area contributed by atoms with Crippen LogP contribution in [0.1, 0.15) is 57.7 Å². The van der Waals surface area contributed by atoms with Crippen LogP contribution in [0.3, 0.4) is 0 Å². The van der Waals surface area contributed by atoms with Crippen LogP contribution >= 0.6 is 11.3 Å². The zero-order valence-corrected chi connectivity index (χ0v) is 13.4. The van der Waals surface area contributed by atoms with Gasteiger partial charge >= 0.3 is 0 Å². The normalized spacial score (nSPS) is 26.4. The molecular weight excluding hydrogens is 256 g/mol. The van der Waals surface area contributed by atoms with Crippen molar-refractivity contribution in [3.05, 3.63) is 16.1 Å². The molecule has 1 aromatic rings. The fraction of sp³-hybridized carbons (Fsp3) is 0.800. The van der Waals surface area contributed by atoms with E-state index in [-0.39, 0.29) is 5.41 Å². The number of likely N-dealkylation sites (tertiary alicyclic amines) is 1. The summed E-state index contributed by atoms with van der Waals surface area (Å²) in [4.78, 5) is 7.18. The predicted octanol–water partition coefficient (Wildman–Crippen LogP) is 3.18. The zero-order chi connectivity index (χ0) is 14.1. The summed E-state index contributed by atoms with van der Waals surface area (Å²) in [5.74, 6) is 0. The summed E-state index contributed by atoms with van der Waals surface area (Å²) in [5, 5.41) is 13.5.